The van der Waals surface area contributed by atoms with Crippen LogP contribution in [0.1, 0.15) is 48.4 Å². The van der Waals surface area contributed by atoms with Crippen molar-refractivity contribution in [1.82, 2.24) is 0 Å². The van der Waals surface area contributed by atoms with Gasteiger partial charge in [-0.05, 0) is 42.5 Å². The van der Waals surface area contributed by atoms with E-state index in [1.54, 1.807) is 18.2 Å². The summed E-state index contributed by atoms with van der Waals surface area (Å²) >= 11 is 0. The Bertz CT molecular complexity index is 817. The summed E-state index contributed by atoms with van der Waals surface area (Å²) in [5.41, 5.74) is 0.923. The van der Waals surface area contributed by atoms with Gasteiger partial charge in [0.1, 0.15) is 0 Å². The monoisotopic (exact) mass is 386 g/mol. The number of fused-ring (bicyclic) bond motifs is 2. The third kappa shape index (κ3) is 5.66. The first kappa shape index (κ1) is 20.6. The molecule has 2 aromatic rings. The molecule has 2 N–H and O–H groups in total. The number of carbonyl (C=O) groups excluding carboxylic acids is 2. The number of benzene rings is 2. The van der Waals surface area contributed by atoms with Crippen molar-refractivity contribution < 1.29 is 38.9 Å². The number of hydrogen-bond acceptors (Lipinski definition) is 6. The summed E-state index contributed by atoms with van der Waals surface area (Å²) in [6.45, 7) is 2.38. The van der Waals surface area contributed by atoms with Gasteiger partial charge in [0.25, 0.3) is 0 Å². The average molecular weight is 386 g/mol. The zero-order chi connectivity index (χ0) is 20.7. The maximum atomic E-state index is 11.6. The number of carboxylic acids is 2. The van der Waals surface area contributed by atoms with E-state index in [1.165, 1.54) is 30.3 Å². The number of carbonyl (C=O) groups is 4. The molecule has 2 bridgehead atoms. The SMILES string of the molecule is CC1COC(=O)c2cccc(c2)C(=O)OC1.O=C(O)c1ccc(C(=O)O)cc1. The summed E-state index contributed by atoms with van der Waals surface area (Å²) in [5.74, 6) is -2.91. The molecule has 0 fully saturated rings. The quantitative estimate of drug-likeness (QED) is 0.754. The fraction of sp³-hybridized carbons (Fsp3) is 0.200. The van der Waals surface area contributed by atoms with Crippen LogP contribution in [0.2, 0.25) is 0 Å². The van der Waals surface area contributed by atoms with Crippen LogP contribution in [0.5, 0.6) is 0 Å². The van der Waals surface area contributed by atoms with Crippen LogP contribution in [0.4, 0.5) is 0 Å². The number of cyclic esters (lactones) is 2. The molecule has 0 atom stereocenters. The minimum absolute atomic E-state index is 0.0110. The smallest absolute Gasteiger partial charge is 0.338 e. The number of ether oxygens (including phenoxy) is 2. The van der Waals surface area contributed by atoms with Crippen LogP contribution in [0.15, 0.2) is 48.5 Å². The van der Waals surface area contributed by atoms with Crippen LogP contribution < -0.4 is 0 Å². The molecule has 0 unspecified atom stereocenters. The molecule has 0 spiro atoms. The van der Waals surface area contributed by atoms with Crippen molar-refractivity contribution in [3.8, 4) is 0 Å². The van der Waals surface area contributed by atoms with Crippen molar-refractivity contribution in [1.29, 1.82) is 0 Å². The Morgan fingerprint density at radius 2 is 1.21 bits per heavy atom. The van der Waals surface area contributed by atoms with Gasteiger partial charge < -0.3 is 19.7 Å². The summed E-state index contributed by atoms with van der Waals surface area (Å²) in [5, 5.41) is 16.9. The summed E-state index contributed by atoms with van der Waals surface area (Å²) in [4.78, 5) is 43.8. The normalized spacial score (nSPS) is 14.0. The van der Waals surface area contributed by atoms with Crippen LogP contribution in [0, 0.1) is 5.92 Å². The van der Waals surface area contributed by atoms with Gasteiger partial charge >= 0.3 is 23.9 Å². The molecule has 1 aliphatic rings. The number of aromatic carboxylic acids is 2. The summed E-state index contributed by atoms with van der Waals surface area (Å²) in [7, 11) is 0. The highest BCUT2D eigenvalue weighted by Crippen LogP contribution is 2.12. The lowest BCUT2D eigenvalue weighted by atomic mass is 10.1. The molecule has 0 saturated carbocycles. The second-order valence-electron chi connectivity index (χ2n) is 6.07. The third-order valence-electron chi connectivity index (χ3n) is 3.71. The van der Waals surface area contributed by atoms with E-state index in [-0.39, 0.29) is 30.3 Å². The van der Waals surface area contributed by atoms with E-state index in [1.807, 2.05) is 6.92 Å². The molecule has 0 aliphatic carbocycles. The fourth-order valence-electron chi connectivity index (χ4n) is 2.18. The van der Waals surface area contributed by atoms with E-state index in [0.29, 0.717) is 11.1 Å². The van der Waals surface area contributed by atoms with Gasteiger partial charge in [-0.2, -0.15) is 0 Å². The molecule has 146 valence electrons. The Morgan fingerprint density at radius 1 is 0.821 bits per heavy atom. The molecule has 8 nitrogen and oxygen atoms in total. The highest BCUT2D eigenvalue weighted by molar-refractivity contribution is 5.95. The lowest BCUT2D eigenvalue weighted by Gasteiger charge is -2.15. The highest BCUT2D eigenvalue weighted by atomic mass is 16.5. The molecule has 28 heavy (non-hydrogen) atoms. The lowest BCUT2D eigenvalue weighted by molar-refractivity contribution is 0.0271. The van der Waals surface area contributed by atoms with E-state index in [4.69, 9.17) is 19.7 Å². The standard InChI is InChI=1S/C12H12O4.C8H6O4/c1-8-6-15-11(13)9-3-2-4-10(5-9)12(14)16-7-8;9-7(10)5-1-2-6(4-3-5)8(11)12/h2-5,8H,6-7H2,1H3;1-4H,(H,9,10)(H,11,12). The van der Waals surface area contributed by atoms with Crippen LogP contribution in [0.3, 0.4) is 0 Å². The average Bonchev–Trinajstić information content (AvgIpc) is 2.70. The predicted octanol–water partition coefficient (Wildman–Crippen LogP) is 2.73. The molecule has 3 rings (SSSR count). The molecule has 0 radical (unpaired) electrons. The van der Waals surface area contributed by atoms with Crippen LogP contribution in [-0.2, 0) is 9.47 Å². The molecule has 0 saturated heterocycles. The number of esters is 2. The zero-order valence-corrected chi connectivity index (χ0v) is 15.0. The number of rotatable bonds is 2. The topological polar surface area (TPSA) is 127 Å². The van der Waals surface area contributed by atoms with E-state index < -0.39 is 23.9 Å². The van der Waals surface area contributed by atoms with Crippen molar-refractivity contribution >= 4 is 23.9 Å². The van der Waals surface area contributed by atoms with Gasteiger partial charge in [0, 0.05) is 5.92 Å². The summed E-state index contributed by atoms with van der Waals surface area (Å²) in [6.07, 6.45) is 0. The van der Waals surface area contributed by atoms with E-state index in [0.717, 1.165) is 0 Å². The Labute approximate surface area is 160 Å². The second-order valence-corrected chi connectivity index (χ2v) is 6.07. The number of carboxylic acid groups (broad SMARTS) is 2. The third-order valence-corrected chi connectivity index (χ3v) is 3.71. The Morgan fingerprint density at radius 3 is 1.57 bits per heavy atom. The van der Waals surface area contributed by atoms with Crippen molar-refractivity contribution in [2.45, 2.75) is 6.92 Å². The molecule has 0 amide bonds. The van der Waals surface area contributed by atoms with Gasteiger partial charge in [0.15, 0.2) is 0 Å². The van der Waals surface area contributed by atoms with Gasteiger partial charge in [0.2, 0.25) is 0 Å². The van der Waals surface area contributed by atoms with Crippen molar-refractivity contribution in [2.75, 3.05) is 13.2 Å². The molecule has 0 aromatic heterocycles. The fourth-order valence-corrected chi connectivity index (χ4v) is 2.18. The first-order valence-electron chi connectivity index (χ1n) is 8.29. The second kappa shape index (κ2) is 9.31. The van der Waals surface area contributed by atoms with Gasteiger partial charge in [-0.15, -0.1) is 0 Å². The van der Waals surface area contributed by atoms with Crippen LogP contribution >= 0.6 is 0 Å². The first-order chi connectivity index (χ1) is 13.3. The van der Waals surface area contributed by atoms with Gasteiger partial charge in [-0.25, -0.2) is 19.2 Å². The van der Waals surface area contributed by atoms with E-state index in [2.05, 4.69) is 0 Å². The lowest BCUT2D eigenvalue weighted by Crippen LogP contribution is -2.20. The molecule has 1 aliphatic heterocycles. The zero-order valence-electron chi connectivity index (χ0n) is 15.0. The highest BCUT2D eigenvalue weighted by Gasteiger charge is 2.17. The van der Waals surface area contributed by atoms with E-state index in [9.17, 15) is 19.2 Å². The van der Waals surface area contributed by atoms with E-state index >= 15 is 0 Å². The molecule has 8 heteroatoms. The Kier molecular flexibility index (Phi) is 6.86. The van der Waals surface area contributed by atoms with Crippen LogP contribution in [-0.4, -0.2) is 47.3 Å². The molecular weight excluding hydrogens is 368 g/mol. The minimum atomic E-state index is -1.06. The summed E-state index contributed by atoms with van der Waals surface area (Å²) < 4.78 is 10.1. The van der Waals surface area contributed by atoms with Crippen LogP contribution in [0.25, 0.3) is 0 Å². The Balaban J connectivity index is 0.000000209. The maximum Gasteiger partial charge on any atom is 0.338 e. The maximum absolute atomic E-state index is 11.6. The molecular formula is C20H18O8. The van der Waals surface area contributed by atoms with Gasteiger partial charge in [0.05, 0.1) is 35.5 Å². The Hall–Kier alpha value is -3.68. The van der Waals surface area contributed by atoms with Gasteiger partial charge in [-0.3, -0.25) is 0 Å². The minimum Gasteiger partial charge on any atom is -0.478 e. The van der Waals surface area contributed by atoms with Crippen molar-refractivity contribution in [3.63, 3.8) is 0 Å². The van der Waals surface area contributed by atoms with Crippen molar-refractivity contribution in [2.24, 2.45) is 5.92 Å². The van der Waals surface area contributed by atoms with Crippen molar-refractivity contribution in [3.05, 3.63) is 70.8 Å². The largest absolute Gasteiger partial charge is 0.478 e. The van der Waals surface area contributed by atoms with Gasteiger partial charge in [-0.1, -0.05) is 13.0 Å². The molecule has 2 aromatic carbocycles. The predicted molar refractivity (Wildman–Crippen MR) is 96.5 cm³/mol. The molecule has 1 heterocycles. The summed E-state index contributed by atoms with van der Waals surface area (Å²) in [6, 6.07) is 11.4. The first-order valence-corrected chi connectivity index (χ1v) is 8.29. The number of hydrogen-bond donors (Lipinski definition) is 2.